The Hall–Kier alpha value is -9.24. The van der Waals surface area contributed by atoms with Crippen LogP contribution in [-0.4, -0.2) is 18.3 Å². The number of hydrogen-bond acceptors (Lipinski definition) is 8. The third-order valence-corrected chi connectivity index (χ3v) is 13.7. The predicted molar refractivity (Wildman–Crippen MR) is 248 cm³/mol. The fourth-order valence-electron chi connectivity index (χ4n) is 9.68. The molecular weight excluding hydrogens is 1100 g/mol. The van der Waals surface area contributed by atoms with Crippen molar-refractivity contribution in [3.8, 4) is 33.6 Å². The second kappa shape index (κ2) is 17.9. The summed E-state index contributed by atoms with van der Waals surface area (Å²) in [5.74, 6) is -38.1. The average Bonchev–Trinajstić information content (AvgIpc) is 4.18. The summed E-state index contributed by atoms with van der Waals surface area (Å²) < 4.78 is 236. The largest absolute Gasteiger partial charge is 0.277 e. The van der Waals surface area contributed by atoms with E-state index in [0.29, 0.717) is 23.0 Å². The first kappa shape index (κ1) is 54.5. The number of halogens is 16. The molecule has 406 valence electrons. The van der Waals surface area contributed by atoms with Crippen LogP contribution < -0.4 is 44.5 Å². The molecule has 0 spiro atoms. The molecule has 0 fully saturated rings. The lowest BCUT2D eigenvalue weighted by atomic mass is 9.98. The van der Waals surface area contributed by atoms with Gasteiger partial charge in [-0.05, 0) is 57.4 Å². The standard InChI is InChI=1S/C26H12F8N2O4.C25H10F8N2O4/c1-5-8-9(24(38)35(4)23(8)37)6(2)11-10(5)25(39)36(26(11)40)22-20(33)18(31)13(19(32)21(22)34)12-16(29)14(27)7(3)15(28)17(12)30;1-5-9-7(22(36)34(3)24(9)38)4-8-10(5)25(39)35(23(8)37)21-19(32)17(30)12(18(31)20(21)33)11-15(28)13(26)6(2)14(27)16(11)29/h1-4H3;4H,1-3H3. The van der Waals surface area contributed by atoms with E-state index in [1.807, 2.05) is 0 Å². The molecule has 0 bridgehead atoms. The average molecular weight is 1120 g/mol. The van der Waals surface area contributed by atoms with Gasteiger partial charge in [-0.3, -0.25) is 47.5 Å². The van der Waals surface area contributed by atoms with Crippen molar-refractivity contribution >= 4 is 43.1 Å². The molecular formula is C51H22F16N4O8. The van der Waals surface area contributed by atoms with Crippen molar-refractivity contribution in [3.05, 3.63) is 210 Å². The Bertz CT molecular complexity index is 4820. The Labute approximate surface area is 423 Å². The third kappa shape index (κ3) is 6.90. The Balaban J connectivity index is 0.000000192. The van der Waals surface area contributed by atoms with Crippen LogP contribution in [0.2, 0.25) is 0 Å². The van der Waals surface area contributed by atoms with Gasteiger partial charge in [-0.25, -0.2) is 79.4 Å². The van der Waals surface area contributed by atoms with Crippen LogP contribution in [0.3, 0.4) is 0 Å². The van der Waals surface area contributed by atoms with Gasteiger partial charge in [0.05, 0.1) is 65.3 Å². The van der Waals surface area contributed by atoms with Gasteiger partial charge in [0.25, 0.3) is 44.5 Å². The van der Waals surface area contributed by atoms with Gasteiger partial charge >= 0.3 is 0 Å². The van der Waals surface area contributed by atoms with E-state index >= 15 is 35.1 Å². The Morgan fingerprint density at radius 2 is 0.468 bits per heavy atom. The summed E-state index contributed by atoms with van der Waals surface area (Å²) in [5.41, 5.74) is -25.1. The van der Waals surface area contributed by atoms with Crippen molar-refractivity contribution in [2.75, 3.05) is 0 Å². The number of aryl methyl sites for hydroxylation is 3. The highest BCUT2D eigenvalue weighted by molar-refractivity contribution is 6.05. The van der Waals surface area contributed by atoms with Crippen molar-refractivity contribution in [1.29, 1.82) is 0 Å². The number of benzene rings is 6. The molecule has 0 atom stereocenters. The molecule has 0 saturated heterocycles. The Morgan fingerprint density at radius 3 is 0.797 bits per heavy atom. The second-order valence-corrected chi connectivity index (χ2v) is 17.8. The monoisotopic (exact) mass is 1120 g/mol. The van der Waals surface area contributed by atoms with Crippen LogP contribution in [0, 0.1) is 128 Å². The first-order chi connectivity index (χ1) is 36.7. The summed E-state index contributed by atoms with van der Waals surface area (Å²) in [5, 5.41) is -3.53. The number of nitrogens with zero attached hydrogens (tertiary/aromatic N) is 4. The molecule has 0 aliphatic heterocycles. The van der Waals surface area contributed by atoms with E-state index in [9.17, 15) is 73.5 Å². The molecule has 28 heteroatoms. The molecule has 0 aliphatic rings. The van der Waals surface area contributed by atoms with E-state index in [4.69, 9.17) is 0 Å². The van der Waals surface area contributed by atoms with Crippen LogP contribution in [0.1, 0.15) is 27.8 Å². The van der Waals surface area contributed by atoms with Gasteiger partial charge in [-0.1, -0.05) is 0 Å². The summed E-state index contributed by atoms with van der Waals surface area (Å²) in [7, 11) is 2.26. The van der Waals surface area contributed by atoms with E-state index in [0.717, 1.165) is 27.1 Å². The summed E-state index contributed by atoms with van der Waals surface area (Å²) >= 11 is 0. The van der Waals surface area contributed by atoms with Crippen LogP contribution in [0.15, 0.2) is 44.4 Å². The maximum atomic E-state index is 15.3. The van der Waals surface area contributed by atoms with Crippen LogP contribution in [0.4, 0.5) is 70.2 Å². The summed E-state index contributed by atoms with van der Waals surface area (Å²) in [4.78, 5) is 103. The molecule has 12 nitrogen and oxygen atoms in total. The molecule has 0 amide bonds. The lowest BCUT2D eigenvalue weighted by Crippen LogP contribution is -2.27. The SMILES string of the molecule is Cc1c(F)c(F)c(-c2c(F)c(F)c(-n3c(=O)c4c(C)c5c(=O)n(C)c(=O)c5c(C)c4c3=O)c(F)c2F)c(F)c1F.Cc1c(F)c(F)c(-c2c(F)c(F)c(-n3c(=O)c4cc5c(=O)n(C)c(=O)c5c(C)c4c3=O)c(F)c2F)c(F)c1F. The molecule has 0 saturated carbocycles. The van der Waals surface area contributed by atoms with Crippen molar-refractivity contribution in [2.45, 2.75) is 34.6 Å². The lowest BCUT2D eigenvalue weighted by Gasteiger charge is -2.15. The number of rotatable bonds is 4. The summed E-state index contributed by atoms with van der Waals surface area (Å²) in [6.45, 7) is 4.67. The van der Waals surface area contributed by atoms with Crippen LogP contribution in [-0.2, 0) is 14.1 Å². The van der Waals surface area contributed by atoms with E-state index in [2.05, 4.69) is 0 Å². The minimum atomic E-state index is -2.58. The van der Waals surface area contributed by atoms with Crippen LogP contribution in [0.25, 0.3) is 76.7 Å². The fourth-order valence-corrected chi connectivity index (χ4v) is 9.68. The van der Waals surface area contributed by atoms with Gasteiger partial charge in [-0.15, -0.1) is 0 Å². The smallest absolute Gasteiger partial charge is 0.266 e. The van der Waals surface area contributed by atoms with Gasteiger partial charge in [0.2, 0.25) is 0 Å². The molecule has 79 heavy (non-hydrogen) atoms. The highest BCUT2D eigenvalue weighted by Crippen LogP contribution is 2.41. The maximum absolute atomic E-state index is 15.3. The molecule has 4 aromatic heterocycles. The van der Waals surface area contributed by atoms with Crippen molar-refractivity contribution < 1.29 is 70.2 Å². The van der Waals surface area contributed by atoms with E-state index in [1.165, 1.54) is 13.8 Å². The van der Waals surface area contributed by atoms with Crippen molar-refractivity contribution in [3.63, 3.8) is 0 Å². The molecule has 4 heterocycles. The topological polar surface area (TPSA) is 156 Å². The zero-order valence-corrected chi connectivity index (χ0v) is 40.2. The molecule has 10 aromatic rings. The first-order valence-electron chi connectivity index (χ1n) is 21.9. The highest BCUT2D eigenvalue weighted by Gasteiger charge is 2.38. The van der Waals surface area contributed by atoms with E-state index in [1.54, 1.807) is 0 Å². The summed E-state index contributed by atoms with van der Waals surface area (Å²) in [6, 6.07) is 0.807. The number of hydrogen-bond donors (Lipinski definition) is 0. The van der Waals surface area contributed by atoms with Gasteiger partial charge in [0.15, 0.2) is 93.1 Å². The van der Waals surface area contributed by atoms with E-state index in [-0.39, 0.29) is 47.4 Å². The zero-order chi connectivity index (χ0) is 58.8. The fraction of sp³-hybridized carbons (Fsp3) is 0.137. The van der Waals surface area contributed by atoms with Crippen molar-refractivity contribution in [2.24, 2.45) is 14.1 Å². The highest BCUT2D eigenvalue weighted by atomic mass is 19.2. The number of fused-ring (bicyclic) bond motifs is 4. The predicted octanol–water partition coefficient (Wildman–Crippen LogP) is 7.98. The normalized spacial score (nSPS) is 11.9. The molecule has 6 aromatic carbocycles. The minimum Gasteiger partial charge on any atom is -0.277 e. The van der Waals surface area contributed by atoms with Crippen LogP contribution in [0.5, 0.6) is 0 Å². The van der Waals surface area contributed by atoms with Gasteiger partial charge in [-0.2, -0.15) is 0 Å². The van der Waals surface area contributed by atoms with Gasteiger partial charge in [0.1, 0.15) is 11.4 Å². The number of aromatic nitrogens is 4. The molecule has 0 aliphatic carbocycles. The minimum absolute atomic E-state index is 0.229. The quantitative estimate of drug-likeness (QED) is 0.127. The van der Waals surface area contributed by atoms with E-state index < -0.39 is 204 Å². The first-order valence-corrected chi connectivity index (χ1v) is 21.9. The zero-order valence-electron chi connectivity index (χ0n) is 40.2. The Morgan fingerprint density at radius 1 is 0.253 bits per heavy atom. The van der Waals surface area contributed by atoms with Gasteiger partial charge < -0.3 is 0 Å². The Kier molecular flexibility index (Phi) is 12.4. The second-order valence-electron chi connectivity index (χ2n) is 17.8. The summed E-state index contributed by atoms with van der Waals surface area (Å²) in [6.07, 6.45) is 0. The van der Waals surface area contributed by atoms with Crippen LogP contribution >= 0.6 is 0 Å². The molecule has 0 radical (unpaired) electrons. The van der Waals surface area contributed by atoms with Gasteiger partial charge in [0, 0.05) is 25.2 Å². The maximum Gasteiger partial charge on any atom is 0.266 e. The molecule has 0 N–H and O–H groups in total. The lowest BCUT2D eigenvalue weighted by molar-refractivity contribution is 0.434. The molecule has 10 rings (SSSR count). The van der Waals surface area contributed by atoms with Crippen molar-refractivity contribution in [1.82, 2.24) is 18.3 Å². The third-order valence-electron chi connectivity index (χ3n) is 13.7. The molecule has 0 unspecified atom stereocenters.